The van der Waals surface area contributed by atoms with Gasteiger partial charge in [0.05, 0.1) is 27.4 Å². The summed E-state index contributed by atoms with van der Waals surface area (Å²) in [5.41, 5.74) is 0.377. The molecule has 6 nitrogen and oxygen atoms in total. The average molecular weight is 313 g/mol. The molecule has 0 atom stereocenters. The van der Waals surface area contributed by atoms with Crippen LogP contribution in [0, 0.1) is 0 Å². The van der Waals surface area contributed by atoms with Crippen molar-refractivity contribution >= 4 is 11.9 Å². The van der Waals surface area contributed by atoms with Crippen LogP contribution >= 0.6 is 0 Å². The Morgan fingerprint density at radius 1 is 1.05 bits per heavy atom. The topological polar surface area (TPSA) is 65.1 Å². The highest BCUT2D eigenvalue weighted by Crippen LogP contribution is 2.12. The van der Waals surface area contributed by atoms with Crippen molar-refractivity contribution in [2.75, 3.05) is 47.1 Å². The van der Waals surface area contributed by atoms with Gasteiger partial charge in [-0.3, -0.25) is 4.90 Å². The summed E-state index contributed by atoms with van der Waals surface area (Å²) >= 11 is 0. The molecule has 22 heavy (non-hydrogen) atoms. The van der Waals surface area contributed by atoms with Gasteiger partial charge in [0.1, 0.15) is 0 Å². The molecule has 126 valence electrons. The number of hydrogen-bond donors (Lipinski definition) is 0. The first kappa shape index (κ1) is 18.6. The maximum atomic E-state index is 11.6. The Labute approximate surface area is 132 Å². The van der Waals surface area contributed by atoms with E-state index in [4.69, 9.17) is 4.74 Å². The van der Waals surface area contributed by atoms with E-state index in [0.29, 0.717) is 12.0 Å². The third kappa shape index (κ3) is 7.56. The van der Waals surface area contributed by atoms with Crippen molar-refractivity contribution in [2.24, 2.45) is 0 Å². The second-order valence-corrected chi connectivity index (χ2v) is 5.30. The lowest BCUT2D eigenvalue weighted by Gasteiger charge is -2.26. The van der Waals surface area contributed by atoms with Crippen LogP contribution in [0.15, 0.2) is 11.6 Å². The van der Waals surface area contributed by atoms with E-state index in [1.165, 1.54) is 20.3 Å². The molecule has 0 aromatic heterocycles. The number of morpholine rings is 1. The van der Waals surface area contributed by atoms with Crippen molar-refractivity contribution < 1.29 is 23.8 Å². The Bertz CT molecular complexity index is 375. The number of esters is 2. The third-order valence-electron chi connectivity index (χ3n) is 3.72. The summed E-state index contributed by atoms with van der Waals surface area (Å²) in [5, 5.41) is 0. The molecule has 0 aliphatic carbocycles. The highest BCUT2D eigenvalue weighted by atomic mass is 16.5. The summed E-state index contributed by atoms with van der Waals surface area (Å²) in [6.07, 6.45) is 5.91. The van der Waals surface area contributed by atoms with Crippen molar-refractivity contribution in [1.29, 1.82) is 0 Å². The van der Waals surface area contributed by atoms with Crippen molar-refractivity contribution in [3.63, 3.8) is 0 Å². The quantitative estimate of drug-likeness (QED) is 0.365. The van der Waals surface area contributed by atoms with E-state index in [1.807, 2.05) is 0 Å². The highest BCUT2D eigenvalue weighted by molar-refractivity contribution is 5.96. The van der Waals surface area contributed by atoms with E-state index < -0.39 is 11.9 Å². The number of hydrogen-bond acceptors (Lipinski definition) is 6. The molecule has 0 N–H and O–H groups in total. The van der Waals surface area contributed by atoms with Crippen LogP contribution in [0.4, 0.5) is 0 Å². The minimum Gasteiger partial charge on any atom is -0.466 e. The molecule has 1 fully saturated rings. The SMILES string of the molecule is COC(=O)/C=C(\CCCCCCN1CCOCC1)C(=O)OC. The number of carbonyl (C=O) groups excluding carboxylic acids is 2. The standard InChI is InChI=1S/C16H27NO5/c1-20-15(18)13-14(16(19)21-2)7-5-3-4-6-8-17-9-11-22-12-10-17/h13H,3-12H2,1-2H3/b14-13+. The molecule has 1 saturated heterocycles. The number of ether oxygens (including phenoxy) is 3. The fourth-order valence-electron chi connectivity index (χ4n) is 2.39. The van der Waals surface area contributed by atoms with Crippen LogP contribution in [0.25, 0.3) is 0 Å². The largest absolute Gasteiger partial charge is 0.466 e. The normalized spacial score (nSPS) is 16.4. The highest BCUT2D eigenvalue weighted by Gasteiger charge is 2.12. The maximum Gasteiger partial charge on any atom is 0.333 e. The summed E-state index contributed by atoms with van der Waals surface area (Å²) < 4.78 is 14.5. The van der Waals surface area contributed by atoms with Crippen LogP contribution in [-0.2, 0) is 23.8 Å². The van der Waals surface area contributed by atoms with Gasteiger partial charge in [0.2, 0.25) is 0 Å². The van der Waals surface area contributed by atoms with Gasteiger partial charge in [0.25, 0.3) is 0 Å². The smallest absolute Gasteiger partial charge is 0.333 e. The van der Waals surface area contributed by atoms with Gasteiger partial charge in [-0.2, -0.15) is 0 Å². The first-order chi connectivity index (χ1) is 10.7. The second kappa shape index (κ2) is 11.2. The third-order valence-corrected chi connectivity index (χ3v) is 3.72. The molecule has 0 unspecified atom stereocenters. The average Bonchev–Trinajstić information content (AvgIpc) is 2.56. The summed E-state index contributed by atoms with van der Waals surface area (Å²) in [7, 11) is 2.61. The molecule has 0 radical (unpaired) electrons. The minimum atomic E-state index is -0.521. The lowest BCUT2D eigenvalue weighted by molar-refractivity contribution is -0.138. The van der Waals surface area contributed by atoms with Gasteiger partial charge in [-0.05, 0) is 25.8 Å². The molecule has 0 saturated carbocycles. The van der Waals surface area contributed by atoms with Crippen molar-refractivity contribution in [3.05, 3.63) is 11.6 Å². The lowest BCUT2D eigenvalue weighted by Crippen LogP contribution is -2.36. The second-order valence-electron chi connectivity index (χ2n) is 5.30. The Morgan fingerprint density at radius 3 is 2.36 bits per heavy atom. The summed E-state index contributed by atoms with van der Waals surface area (Å²) in [6, 6.07) is 0. The van der Waals surface area contributed by atoms with Gasteiger partial charge in [-0.15, -0.1) is 0 Å². The molecular weight excluding hydrogens is 286 g/mol. The molecule has 1 aliphatic heterocycles. The number of rotatable bonds is 9. The Kier molecular flexibility index (Phi) is 9.50. The zero-order valence-electron chi connectivity index (χ0n) is 13.6. The van der Waals surface area contributed by atoms with E-state index in [9.17, 15) is 9.59 Å². The van der Waals surface area contributed by atoms with Gasteiger partial charge in [-0.1, -0.05) is 12.8 Å². The molecule has 1 rings (SSSR count). The first-order valence-electron chi connectivity index (χ1n) is 7.84. The lowest BCUT2D eigenvalue weighted by atomic mass is 10.1. The van der Waals surface area contributed by atoms with Crippen LogP contribution in [0.3, 0.4) is 0 Å². The van der Waals surface area contributed by atoms with Crippen LogP contribution in [0.1, 0.15) is 32.1 Å². The molecule has 0 spiro atoms. The van der Waals surface area contributed by atoms with Gasteiger partial charge < -0.3 is 14.2 Å². The van der Waals surface area contributed by atoms with Gasteiger partial charge in [0.15, 0.2) is 0 Å². The zero-order valence-corrected chi connectivity index (χ0v) is 13.6. The Hall–Kier alpha value is -1.40. The number of carbonyl (C=O) groups is 2. The molecule has 0 amide bonds. The van der Waals surface area contributed by atoms with Crippen LogP contribution < -0.4 is 0 Å². The number of nitrogens with zero attached hydrogens (tertiary/aromatic N) is 1. The van der Waals surface area contributed by atoms with Gasteiger partial charge in [-0.25, -0.2) is 9.59 Å². The van der Waals surface area contributed by atoms with Crippen LogP contribution in [0.2, 0.25) is 0 Å². The van der Waals surface area contributed by atoms with Crippen molar-refractivity contribution in [1.82, 2.24) is 4.90 Å². The molecule has 6 heteroatoms. The number of unbranched alkanes of at least 4 members (excludes halogenated alkanes) is 3. The Morgan fingerprint density at radius 2 is 1.73 bits per heavy atom. The summed E-state index contributed by atoms with van der Waals surface area (Å²) in [6.45, 7) is 4.82. The first-order valence-corrected chi connectivity index (χ1v) is 7.84. The predicted molar refractivity (Wildman–Crippen MR) is 82.5 cm³/mol. The van der Waals surface area contributed by atoms with E-state index in [2.05, 4.69) is 14.4 Å². The van der Waals surface area contributed by atoms with E-state index in [1.54, 1.807) is 0 Å². The van der Waals surface area contributed by atoms with Crippen LogP contribution in [0.5, 0.6) is 0 Å². The molecule has 1 heterocycles. The molecular formula is C16H27NO5. The predicted octanol–water partition coefficient (Wildman–Crippen LogP) is 1.54. The maximum absolute atomic E-state index is 11.6. The molecule has 0 aromatic rings. The van der Waals surface area contributed by atoms with Gasteiger partial charge >= 0.3 is 11.9 Å². The van der Waals surface area contributed by atoms with Crippen LogP contribution in [-0.4, -0.2) is 63.9 Å². The van der Waals surface area contributed by atoms with E-state index >= 15 is 0 Å². The van der Waals surface area contributed by atoms with E-state index in [0.717, 1.165) is 58.5 Å². The molecule has 1 aliphatic rings. The fourth-order valence-corrected chi connectivity index (χ4v) is 2.39. The molecule has 0 aromatic carbocycles. The number of methoxy groups -OCH3 is 2. The van der Waals surface area contributed by atoms with Gasteiger partial charge in [0, 0.05) is 24.7 Å². The summed E-state index contributed by atoms with van der Waals surface area (Å²) in [5.74, 6) is -0.980. The summed E-state index contributed by atoms with van der Waals surface area (Å²) in [4.78, 5) is 25.2. The van der Waals surface area contributed by atoms with Crippen molar-refractivity contribution in [3.8, 4) is 0 Å². The Balaban J connectivity index is 2.18. The molecule has 0 bridgehead atoms. The zero-order chi connectivity index (χ0) is 16.2. The fraction of sp³-hybridized carbons (Fsp3) is 0.750. The minimum absolute atomic E-state index is 0.377. The van der Waals surface area contributed by atoms with E-state index in [-0.39, 0.29) is 0 Å². The monoisotopic (exact) mass is 313 g/mol. The van der Waals surface area contributed by atoms with Crippen molar-refractivity contribution in [2.45, 2.75) is 32.1 Å².